The Morgan fingerprint density at radius 2 is 1.94 bits per heavy atom. The zero-order valence-corrected chi connectivity index (χ0v) is 17.8. The first-order chi connectivity index (χ1) is 15.9. The van der Waals surface area contributed by atoms with E-state index >= 15 is 0 Å². The van der Waals surface area contributed by atoms with E-state index in [0.717, 1.165) is 11.8 Å². The van der Waals surface area contributed by atoms with Gasteiger partial charge in [0.2, 0.25) is 6.23 Å². The highest BCUT2D eigenvalue weighted by Gasteiger charge is 2.22. The fourth-order valence-corrected chi connectivity index (χ4v) is 3.12. The average Bonchev–Trinajstić information content (AvgIpc) is 2.83. The van der Waals surface area contributed by atoms with Crippen molar-refractivity contribution >= 4 is 23.1 Å². The highest BCUT2D eigenvalue weighted by atomic mass is 19.1. The zero-order valence-electron chi connectivity index (χ0n) is 17.8. The minimum atomic E-state index is -1.23. The predicted octanol–water partition coefficient (Wildman–Crippen LogP) is 2.89. The number of nitrogens with zero attached hydrogens (tertiary/aromatic N) is 1. The van der Waals surface area contributed by atoms with Crippen molar-refractivity contribution in [3.05, 3.63) is 94.2 Å². The SMILES string of the molecule is CCO[C@@H](C(=O)NCc1ccc(C(=N)NO)c(F)c1)n1cccc(Nc2ccccc2)c1=O. The number of hydrogen-bond donors (Lipinski definition) is 5. The highest BCUT2D eigenvalue weighted by molar-refractivity contribution is 5.95. The molecule has 0 aliphatic rings. The molecule has 1 amide bonds. The van der Waals surface area contributed by atoms with Crippen molar-refractivity contribution in [3.8, 4) is 0 Å². The molecule has 9 nitrogen and oxygen atoms in total. The maximum absolute atomic E-state index is 14.2. The summed E-state index contributed by atoms with van der Waals surface area (Å²) >= 11 is 0. The molecule has 10 heteroatoms. The minimum Gasteiger partial charge on any atom is -0.351 e. The first kappa shape index (κ1) is 23.6. The smallest absolute Gasteiger partial charge is 0.276 e. The molecule has 1 aromatic heterocycles. The van der Waals surface area contributed by atoms with Crippen LogP contribution in [0.5, 0.6) is 0 Å². The number of carbonyl (C=O) groups excluding carboxylic acids is 1. The van der Waals surface area contributed by atoms with Crippen LogP contribution >= 0.6 is 0 Å². The fourth-order valence-electron chi connectivity index (χ4n) is 3.12. The van der Waals surface area contributed by atoms with Gasteiger partial charge in [-0.2, -0.15) is 0 Å². The van der Waals surface area contributed by atoms with E-state index in [1.807, 2.05) is 30.3 Å². The van der Waals surface area contributed by atoms with Crippen LogP contribution in [0.4, 0.5) is 15.8 Å². The number of hydrogen-bond acceptors (Lipinski definition) is 6. The molecule has 33 heavy (non-hydrogen) atoms. The van der Waals surface area contributed by atoms with Gasteiger partial charge in [-0.05, 0) is 48.9 Å². The Bertz CT molecular complexity index is 1180. The van der Waals surface area contributed by atoms with E-state index in [2.05, 4.69) is 10.6 Å². The molecule has 0 saturated carbocycles. The van der Waals surface area contributed by atoms with Crippen LogP contribution in [0.3, 0.4) is 0 Å². The molecule has 5 N–H and O–H groups in total. The van der Waals surface area contributed by atoms with Gasteiger partial charge in [-0.25, -0.2) is 4.39 Å². The molecular weight excluding hydrogens is 429 g/mol. The van der Waals surface area contributed by atoms with Crippen molar-refractivity contribution in [3.63, 3.8) is 0 Å². The number of anilines is 2. The van der Waals surface area contributed by atoms with Crippen LogP contribution < -0.4 is 21.7 Å². The van der Waals surface area contributed by atoms with Gasteiger partial charge >= 0.3 is 0 Å². The Balaban J connectivity index is 1.77. The molecule has 172 valence electrons. The average molecular weight is 453 g/mol. The molecule has 3 aromatic rings. The number of aromatic nitrogens is 1. The van der Waals surface area contributed by atoms with Crippen molar-refractivity contribution in [2.45, 2.75) is 19.7 Å². The third-order valence-corrected chi connectivity index (χ3v) is 4.71. The molecule has 1 heterocycles. The van der Waals surface area contributed by atoms with Crippen molar-refractivity contribution < 1.29 is 19.1 Å². The molecule has 0 aliphatic carbocycles. The molecule has 0 radical (unpaired) electrons. The molecule has 0 bridgehead atoms. The summed E-state index contributed by atoms with van der Waals surface area (Å²) < 4.78 is 20.9. The number of amides is 1. The van der Waals surface area contributed by atoms with Crippen molar-refractivity contribution in [1.82, 2.24) is 15.4 Å². The maximum Gasteiger partial charge on any atom is 0.276 e. The van der Waals surface area contributed by atoms with Crippen LogP contribution in [0.15, 0.2) is 71.7 Å². The first-order valence-electron chi connectivity index (χ1n) is 10.1. The van der Waals surface area contributed by atoms with E-state index in [-0.39, 0.29) is 24.4 Å². The normalized spacial score (nSPS) is 11.5. The number of carbonyl (C=O) groups is 1. The van der Waals surface area contributed by atoms with Crippen molar-refractivity contribution in [2.75, 3.05) is 11.9 Å². The second-order valence-electron chi connectivity index (χ2n) is 6.95. The summed E-state index contributed by atoms with van der Waals surface area (Å²) in [7, 11) is 0. The van der Waals surface area contributed by atoms with Crippen LogP contribution in [-0.4, -0.2) is 28.1 Å². The molecule has 0 spiro atoms. The standard InChI is InChI=1S/C23H24FN5O4/c1-2-33-23(21(30)26-14-15-10-11-17(18(24)13-15)20(25)28-32)29-12-6-9-19(22(29)31)27-16-7-4-3-5-8-16/h3-13,23,27,32H,2,14H2,1H3,(H2,25,28)(H,26,30)/t23-/m0/s1. The molecule has 2 aromatic carbocycles. The van der Waals surface area contributed by atoms with Gasteiger partial charge in [-0.3, -0.25) is 30.3 Å². The fraction of sp³-hybridized carbons (Fsp3) is 0.174. The number of benzene rings is 2. The van der Waals surface area contributed by atoms with E-state index in [4.69, 9.17) is 15.4 Å². The van der Waals surface area contributed by atoms with E-state index in [9.17, 15) is 14.0 Å². The van der Waals surface area contributed by atoms with Gasteiger partial charge in [0.25, 0.3) is 11.5 Å². The largest absolute Gasteiger partial charge is 0.351 e. The van der Waals surface area contributed by atoms with Crippen LogP contribution in [-0.2, 0) is 16.1 Å². The Hall–Kier alpha value is -4.02. The van der Waals surface area contributed by atoms with Crippen molar-refractivity contribution in [2.24, 2.45) is 0 Å². The summed E-state index contributed by atoms with van der Waals surface area (Å²) in [5.74, 6) is -1.79. The number of hydroxylamine groups is 1. The first-order valence-corrected chi connectivity index (χ1v) is 10.1. The number of halogens is 1. The molecule has 0 fully saturated rings. The summed E-state index contributed by atoms with van der Waals surface area (Å²) in [6, 6.07) is 16.4. The molecular formula is C23H24FN5O4. The third kappa shape index (κ3) is 5.82. The number of para-hydroxylation sites is 1. The second kappa shape index (κ2) is 11.0. The summed E-state index contributed by atoms with van der Waals surface area (Å²) in [6.45, 7) is 1.85. The van der Waals surface area contributed by atoms with Gasteiger partial charge < -0.3 is 15.4 Å². The predicted molar refractivity (Wildman–Crippen MR) is 121 cm³/mol. The Labute approximate surface area is 189 Å². The van der Waals surface area contributed by atoms with Crippen LogP contribution in [0.2, 0.25) is 0 Å². The lowest BCUT2D eigenvalue weighted by atomic mass is 10.1. The zero-order chi connectivity index (χ0) is 23.8. The lowest BCUT2D eigenvalue weighted by molar-refractivity contribution is -0.139. The van der Waals surface area contributed by atoms with E-state index in [0.29, 0.717) is 5.56 Å². The highest BCUT2D eigenvalue weighted by Crippen LogP contribution is 2.15. The lowest BCUT2D eigenvalue weighted by Crippen LogP contribution is -2.38. The van der Waals surface area contributed by atoms with E-state index in [1.54, 1.807) is 24.5 Å². The molecule has 0 aliphatic heterocycles. The van der Waals surface area contributed by atoms with Gasteiger partial charge in [-0.1, -0.05) is 24.3 Å². The van der Waals surface area contributed by atoms with Crippen LogP contribution in [0, 0.1) is 11.2 Å². The molecule has 3 rings (SSSR count). The van der Waals surface area contributed by atoms with Gasteiger partial charge in [0.1, 0.15) is 11.5 Å². The summed E-state index contributed by atoms with van der Waals surface area (Å²) in [5, 5.41) is 21.9. The van der Waals surface area contributed by atoms with Gasteiger partial charge in [0.05, 0.1) is 5.56 Å². The monoisotopic (exact) mass is 453 g/mol. The number of ether oxygens (including phenoxy) is 1. The second-order valence-corrected chi connectivity index (χ2v) is 6.95. The van der Waals surface area contributed by atoms with Gasteiger partial charge in [0, 0.05) is 25.0 Å². The quantitative estimate of drug-likeness (QED) is 0.193. The number of amidine groups is 1. The Kier molecular flexibility index (Phi) is 7.90. The number of nitrogens with one attached hydrogen (secondary N) is 4. The number of rotatable bonds is 9. The molecule has 0 saturated heterocycles. The van der Waals surface area contributed by atoms with Crippen molar-refractivity contribution in [1.29, 1.82) is 5.41 Å². The Morgan fingerprint density at radius 3 is 2.61 bits per heavy atom. The topological polar surface area (TPSA) is 128 Å². The van der Waals surface area contributed by atoms with Crippen LogP contribution in [0.25, 0.3) is 0 Å². The van der Waals surface area contributed by atoms with Gasteiger partial charge in [-0.15, -0.1) is 0 Å². The third-order valence-electron chi connectivity index (χ3n) is 4.71. The van der Waals surface area contributed by atoms with Crippen LogP contribution in [0.1, 0.15) is 24.3 Å². The molecule has 1 atom stereocenters. The van der Waals surface area contributed by atoms with E-state index < -0.39 is 29.3 Å². The van der Waals surface area contributed by atoms with Gasteiger partial charge in [0.15, 0.2) is 5.84 Å². The summed E-state index contributed by atoms with van der Waals surface area (Å²) in [4.78, 5) is 25.8. The molecule has 0 unspecified atom stereocenters. The summed E-state index contributed by atoms with van der Waals surface area (Å²) in [6.07, 6.45) is 0.233. The Morgan fingerprint density at radius 1 is 1.18 bits per heavy atom. The minimum absolute atomic E-state index is 0.0315. The number of pyridine rings is 1. The summed E-state index contributed by atoms with van der Waals surface area (Å²) in [5.41, 5.74) is 2.45. The van der Waals surface area contributed by atoms with E-state index in [1.165, 1.54) is 22.9 Å². The lowest BCUT2D eigenvalue weighted by Gasteiger charge is -2.20. The maximum atomic E-state index is 14.2.